The minimum atomic E-state index is -0.0265. The van der Waals surface area contributed by atoms with Gasteiger partial charge in [-0.2, -0.15) is 0 Å². The first-order valence-corrected chi connectivity index (χ1v) is 20.6. The number of benzene rings is 6. The van der Waals surface area contributed by atoms with Gasteiger partial charge in [0.2, 0.25) is 0 Å². The van der Waals surface area contributed by atoms with E-state index in [0.717, 1.165) is 6.42 Å². The number of rotatable bonds is 2. The van der Waals surface area contributed by atoms with E-state index in [1.807, 2.05) is 0 Å². The molecule has 3 aliphatic carbocycles. The van der Waals surface area contributed by atoms with E-state index in [9.17, 15) is 0 Å². The SMILES string of the molecule is CC(C)(C)c1cc2c(cc1C1c3ccccc3-c3c1cccc3C(C)(C)C)Cc1cc(C3c4ccccc4-c4c3cccc4C(C)(C)C)c(C(C)(C)C)cc1-2. The van der Waals surface area contributed by atoms with E-state index < -0.39 is 0 Å². The van der Waals surface area contributed by atoms with Crippen molar-refractivity contribution in [1.82, 2.24) is 0 Å². The lowest BCUT2D eigenvalue weighted by Crippen LogP contribution is -2.18. The molecule has 55 heavy (non-hydrogen) atoms. The van der Waals surface area contributed by atoms with Gasteiger partial charge in [-0.15, -0.1) is 0 Å². The summed E-state index contributed by atoms with van der Waals surface area (Å²) in [7, 11) is 0. The Labute approximate surface area is 331 Å². The van der Waals surface area contributed by atoms with Crippen molar-refractivity contribution in [3.63, 3.8) is 0 Å². The lowest BCUT2D eigenvalue weighted by molar-refractivity contribution is 0.580. The molecule has 0 nitrogen and oxygen atoms in total. The van der Waals surface area contributed by atoms with Crippen LogP contribution in [0, 0.1) is 0 Å². The smallest absolute Gasteiger partial charge is 0.0355 e. The van der Waals surface area contributed by atoms with Crippen LogP contribution in [0.15, 0.2) is 109 Å². The number of hydrogen-bond acceptors (Lipinski definition) is 0. The van der Waals surface area contributed by atoms with Crippen LogP contribution in [0.2, 0.25) is 0 Å². The van der Waals surface area contributed by atoms with Gasteiger partial charge in [-0.05, 0) is 128 Å². The number of hydrogen-bond donors (Lipinski definition) is 0. The van der Waals surface area contributed by atoms with Gasteiger partial charge in [0.25, 0.3) is 0 Å². The second-order valence-electron chi connectivity index (χ2n) is 21.0. The molecule has 3 aliphatic rings. The summed E-state index contributed by atoms with van der Waals surface area (Å²) in [5, 5.41) is 0. The monoisotopic (exact) mass is 718 g/mol. The van der Waals surface area contributed by atoms with E-state index in [4.69, 9.17) is 0 Å². The fourth-order valence-corrected chi connectivity index (χ4v) is 10.5. The van der Waals surface area contributed by atoms with E-state index in [1.165, 1.54) is 100 Å². The van der Waals surface area contributed by atoms with E-state index in [2.05, 4.69) is 192 Å². The molecule has 0 aromatic heterocycles. The first kappa shape index (κ1) is 36.0. The highest BCUT2D eigenvalue weighted by Gasteiger charge is 2.40. The van der Waals surface area contributed by atoms with Crippen LogP contribution in [0.25, 0.3) is 33.4 Å². The quantitative estimate of drug-likeness (QED) is 0.167. The molecule has 0 spiro atoms. The van der Waals surface area contributed by atoms with Crippen molar-refractivity contribution < 1.29 is 0 Å². The second-order valence-corrected chi connectivity index (χ2v) is 21.0. The van der Waals surface area contributed by atoms with Crippen LogP contribution in [-0.2, 0) is 28.1 Å². The molecule has 0 N–H and O–H groups in total. The van der Waals surface area contributed by atoms with E-state index in [-0.39, 0.29) is 33.5 Å². The lowest BCUT2D eigenvalue weighted by atomic mass is 9.74. The van der Waals surface area contributed by atoms with Crippen molar-refractivity contribution >= 4 is 0 Å². The molecule has 2 atom stereocenters. The van der Waals surface area contributed by atoms with Crippen LogP contribution in [0.5, 0.6) is 0 Å². The molecule has 0 fully saturated rings. The van der Waals surface area contributed by atoms with Gasteiger partial charge in [-0.1, -0.05) is 192 Å². The minimum Gasteiger partial charge on any atom is -0.0619 e. The standard InChI is InChI=1S/C55H58/c1-52(2,3)44-25-17-23-38-48(34-19-13-15-21-36(34)50(38)44)42-28-32-27-33-29-43(47(55(10,11)12)31-41(33)40(32)30-46(42)54(7,8)9)49-35-20-14-16-22-37(35)51-39(49)24-18-26-45(51)53(4,5)6/h13-26,28-31,48-49H,27H2,1-12H3. The Balaban J connectivity index is 1.25. The summed E-state index contributed by atoms with van der Waals surface area (Å²) in [5.41, 5.74) is 26.1. The summed E-state index contributed by atoms with van der Waals surface area (Å²) >= 11 is 0. The van der Waals surface area contributed by atoms with Crippen molar-refractivity contribution in [2.45, 2.75) is 123 Å². The Morgan fingerprint density at radius 3 is 1.04 bits per heavy atom. The molecule has 9 rings (SSSR count). The van der Waals surface area contributed by atoms with Crippen molar-refractivity contribution in [2.24, 2.45) is 0 Å². The van der Waals surface area contributed by atoms with Crippen LogP contribution in [0.1, 0.15) is 162 Å². The Hall–Kier alpha value is -4.68. The highest BCUT2D eigenvalue weighted by atomic mass is 14.4. The molecule has 0 saturated carbocycles. The highest BCUT2D eigenvalue weighted by Crippen LogP contribution is 2.57. The van der Waals surface area contributed by atoms with Crippen LogP contribution in [0.4, 0.5) is 0 Å². The molecular weight excluding hydrogens is 661 g/mol. The van der Waals surface area contributed by atoms with Gasteiger partial charge in [-0.3, -0.25) is 0 Å². The van der Waals surface area contributed by atoms with E-state index >= 15 is 0 Å². The molecule has 6 aromatic carbocycles. The Morgan fingerprint density at radius 1 is 0.327 bits per heavy atom. The Morgan fingerprint density at radius 2 is 0.673 bits per heavy atom. The zero-order valence-electron chi connectivity index (χ0n) is 35.3. The summed E-state index contributed by atoms with van der Waals surface area (Å²) in [4.78, 5) is 0. The highest BCUT2D eigenvalue weighted by molar-refractivity contribution is 5.88. The van der Waals surface area contributed by atoms with E-state index in [0.29, 0.717) is 0 Å². The van der Waals surface area contributed by atoms with E-state index in [1.54, 1.807) is 0 Å². The third kappa shape index (κ3) is 5.53. The molecule has 2 unspecified atom stereocenters. The van der Waals surface area contributed by atoms with Gasteiger partial charge < -0.3 is 0 Å². The molecule has 0 aliphatic heterocycles. The summed E-state index contributed by atoms with van der Waals surface area (Å²) in [5.74, 6) is 0.418. The molecule has 0 heteroatoms. The first-order valence-electron chi connectivity index (χ1n) is 20.6. The molecule has 0 saturated heterocycles. The van der Waals surface area contributed by atoms with Crippen LogP contribution in [-0.4, -0.2) is 0 Å². The normalized spacial score (nSPS) is 17.0. The summed E-state index contributed by atoms with van der Waals surface area (Å²) in [6.45, 7) is 28.6. The summed E-state index contributed by atoms with van der Waals surface area (Å²) < 4.78 is 0. The van der Waals surface area contributed by atoms with Crippen molar-refractivity contribution in [1.29, 1.82) is 0 Å². The van der Waals surface area contributed by atoms with Gasteiger partial charge in [0.05, 0.1) is 0 Å². The summed E-state index contributed by atoms with van der Waals surface area (Å²) in [6, 6.07) is 43.1. The van der Waals surface area contributed by atoms with Crippen LogP contribution < -0.4 is 0 Å². The average Bonchev–Trinajstić information content (AvgIpc) is 3.75. The van der Waals surface area contributed by atoms with Crippen LogP contribution >= 0.6 is 0 Å². The van der Waals surface area contributed by atoms with Gasteiger partial charge in [0.1, 0.15) is 0 Å². The molecular formula is C55H58. The summed E-state index contributed by atoms with van der Waals surface area (Å²) in [6.07, 6.45) is 0.964. The van der Waals surface area contributed by atoms with Gasteiger partial charge in [0, 0.05) is 11.8 Å². The maximum atomic E-state index is 2.63. The third-order valence-electron chi connectivity index (χ3n) is 13.0. The minimum absolute atomic E-state index is 0.0265. The number of fused-ring (bicyclic) bond motifs is 9. The molecule has 0 radical (unpaired) electrons. The third-order valence-corrected chi connectivity index (χ3v) is 13.0. The zero-order valence-corrected chi connectivity index (χ0v) is 35.3. The average molecular weight is 719 g/mol. The molecule has 0 amide bonds. The van der Waals surface area contributed by atoms with Gasteiger partial charge in [-0.25, -0.2) is 0 Å². The second kappa shape index (κ2) is 11.9. The topological polar surface area (TPSA) is 0 Å². The molecule has 6 aromatic rings. The fourth-order valence-electron chi connectivity index (χ4n) is 10.5. The first-order chi connectivity index (χ1) is 25.8. The molecule has 278 valence electrons. The van der Waals surface area contributed by atoms with Crippen molar-refractivity contribution in [3.05, 3.63) is 176 Å². The van der Waals surface area contributed by atoms with Crippen LogP contribution in [0.3, 0.4) is 0 Å². The Kier molecular flexibility index (Phi) is 7.79. The largest absolute Gasteiger partial charge is 0.0619 e. The maximum Gasteiger partial charge on any atom is 0.0355 e. The van der Waals surface area contributed by atoms with Gasteiger partial charge >= 0.3 is 0 Å². The fraction of sp³-hybridized carbons (Fsp3) is 0.345. The zero-order chi connectivity index (χ0) is 39.0. The lowest BCUT2D eigenvalue weighted by Gasteiger charge is -2.30. The maximum absolute atomic E-state index is 2.63. The van der Waals surface area contributed by atoms with Crippen molar-refractivity contribution in [2.75, 3.05) is 0 Å². The molecule has 0 heterocycles. The predicted octanol–water partition coefficient (Wildman–Crippen LogP) is 14.8. The molecule has 0 bridgehead atoms. The Bertz CT molecular complexity index is 2360. The predicted molar refractivity (Wildman–Crippen MR) is 235 cm³/mol. The van der Waals surface area contributed by atoms with Crippen molar-refractivity contribution in [3.8, 4) is 33.4 Å². The van der Waals surface area contributed by atoms with Gasteiger partial charge in [0.15, 0.2) is 0 Å².